The highest BCUT2D eigenvalue weighted by atomic mass is 16.1. The summed E-state index contributed by atoms with van der Waals surface area (Å²) in [6.45, 7) is 2.38. The van der Waals surface area contributed by atoms with Crippen molar-refractivity contribution in [2.24, 2.45) is 0 Å². The largest absolute Gasteiger partial charge is 0.300 e. The molecular formula is C16H21NO. The third-order valence-electron chi connectivity index (χ3n) is 4.39. The van der Waals surface area contributed by atoms with Gasteiger partial charge >= 0.3 is 0 Å². The van der Waals surface area contributed by atoms with Crippen molar-refractivity contribution in [1.29, 1.82) is 0 Å². The number of carbonyl (C=O) groups excluding carboxylic acids is 1. The van der Waals surface area contributed by atoms with Crippen LogP contribution in [-0.2, 0) is 6.42 Å². The standard InChI is InChI=1S/C16H21NO/c18-16-12-14(17-10-4-1-5-11-17)9-8-13-6-2-3-7-15(13)16/h2-3,6-7,14H,1,4-5,8-12H2. The maximum absolute atomic E-state index is 12.3. The van der Waals surface area contributed by atoms with Crippen LogP contribution in [0.15, 0.2) is 24.3 Å². The molecule has 1 unspecified atom stereocenters. The molecule has 2 nitrogen and oxygen atoms in total. The van der Waals surface area contributed by atoms with Crippen molar-refractivity contribution in [2.75, 3.05) is 13.1 Å². The molecule has 1 saturated heterocycles. The van der Waals surface area contributed by atoms with Gasteiger partial charge in [0.05, 0.1) is 0 Å². The number of rotatable bonds is 1. The zero-order chi connectivity index (χ0) is 12.4. The molecule has 2 heteroatoms. The van der Waals surface area contributed by atoms with Gasteiger partial charge < -0.3 is 0 Å². The number of nitrogens with zero attached hydrogens (tertiary/aromatic N) is 1. The molecule has 3 rings (SSSR count). The van der Waals surface area contributed by atoms with Crippen molar-refractivity contribution in [2.45, 2.75) is 44.6 Å². The number of aryl methyl sites for hydroxylation is 1. The Morgan fingerprint density at radius 1 is 1.06 bits per heavy atom. The number of likely N-dealkylation sites (tertiary alicyclic amines) is 1. The topological polar surface area (TPSA) is 20.3 Å². The average molecular weight is 243 g/mol. The first-order chi connectivity index (χ1) is 8.84. The molecule has 0 N–H and O–H groups in total. The molecular weight excluding hydrogens is 222 g/mol. The number of carbonyl (C=O) groups is 1. The molecule has 0 spiro atoms. The van der Waals surface area contributed by atoms with Crippen LogP contribution in [0.25, 0.3) is 0 Å². The second-order valence-electron chi connectivity index (χ2n) is 5.57. The molecule has 96 valence electrons. The second-order valence-corrected chi connectivity index (χ2v) is 5.57. The van der Waals surface area contributed by atoms with Crippen molar-refractivity contribution in [1.82, 2.24) is 4.90 Å². The van der Waals surface area contributed by atoms with Gasteiger partial charge in [0.15, 0.2) is 5.78 Å². The fourth-order valence-corrected chi connectivity index (χ4v) is 3.35. The Balaban J connectivity index is 1.77. The minimum Gasteiger partial charge on any atom is -0.300 e. The quantitative estimate of drug-likeness (QED) is 0.707. The van der Waals surface area contributed by atoms with Gasteiger partial charge in [0.25, 0.3) is 0 Å². The van der Waals surface area contributed by atoms with Crippen LogP contribution in [0.2, 0.25) is 0 Å². The lowest BCUT2D eigenvalue weighted by molar-refractivity contribution is 0.0897. The third-order valence-corrected chi connectivity index (χ3v) is 4.39. The van der Waals surface area contributed by atoms with E-state index in [2.05, 4.69) is 11.0 Å². The summed E-state index contributed by atoms with van der Waals surface area (Å²) in [6.07, 6.45) is 6.88. The van der Waals surface area contributed by atoms with Gasteiger partial charge in [0, 0.05) is 18.0 Å². The molecule has 0 aromatic heterocycles. The number of fused-ring (bicyclic) bond motifs is 1. The predicted octanol–water partition coefficient (Wildman–Crippen LogP) is 3.06. The molecule has 1 atom stereocenters. The van der Waals surface area contributed by atoms with E-state index in [1.807, 2.05) is 18.2 Å². The fraction of sp³-hybridized carbons (Fsp3) is 0.562. The second kappa shape index (κ2) is 5.23. The Kier molecular flexibility index (Phi) is 3.46. The van der Waals surface area contributed by atoms with Crippen LogP contribution in [0.4, 0.5) is 0 Å². The Labute approximate surface area is 109 Å². The highest BCUT2D eigenvalue weighted by Gasteiger charge is 2.27. The molecule has 1 fully saturated rings. The normalized spacial score (nSPS) is 25.6. The van der Waals surface area contributed by atoms with E-state index in [0.29, 0.717) is 11.8 Å². The number of piperidine rings is 1. The fourth-order valence-electron chi connectivity index (χ4n) is 3.35. The van der Waals surface area contributed by atoms with E-state index in [4.69, 9.17) is 0 Å². The van der Waals surface area contributed by atoms with Gasteiger partial charge in [-0.3, -0.25) is 9.69 Å². The van der Waals surface area contributed by atoms with Gasteiger partial charge in [-0.25, -0.2) is 0 Å². The molecule has 0 bridgehead atoms. The van der Waals surface area contributed by atoms with E-state index in [1.54, 1.807) is 0 Å². The molecule has 0 saturated carbocycles. The number of ketones is 1. The molecule has 1 aromatic rings. The first kappa shape index (κ1) is 11.9. The van der Waals surface area contributed by atoms with Crippen LogP contribution >= 0.6 is 0 Å². The number of Topliss-reactive ketones (excluding diaryl/α,β-unsaturated/α-hetero) is 1. The SMILES string of the molecule is O=C1CC(N2CCCCC2)CCc2ccccc21. The van der Waals surface area contributed by atoms with Crippen LogP contribution in [0.5, 0.6) is 0 Å². The summed E-state index contributed by atoms with van der Waals surface area (Å²) in [5, 5.41) is 0. The van der Waals surface area contributed by atoms with Crippen molar-refractivity contribution >= 4 is 5.78 Å². The zero-order valence-corrected chi connectivity index (χ0v) is 10.9. The van der Waals surface area contributed by atoms with Crippen molar-refractivity contribution in [3.05, 3.63) is 35.4 Å². The maximum Gasteiger partial charge on any atom is 0.164 e. The van der Waals surface area contributed by atoms with E-state index in [9.17, 15) is 4.79 Å². The third kappa shape index (κ3) is 2.35. The molecule has 1 aromatic carbocycles. The Hall–Kier alpha value is -1.15. The van der Waals surface area contributed by atoms with Gasteiger partial charge in [-0.1, -0.05) is 30.7 Å². The first-order valence-electron chi connectivity index (χ1n) is 7.20. The van der Waals surface area contributed by atoms with E-state index < -0.39 is 0 Å². The van der Waals surface area contributed by atoms with Crippen LogP contribution in [-0.4, -0.2) is 29.8 Å². The molecule has 1 aliphatic heterocycles. The summed E-state index contributed by atoms with van der Waals surface area (Å²) in [6, 6.07) is 8.62. The first-order valence-corrected chi connectivity index (χ1v) is 7.20. The van der Waals surface area contributed by atoms with E-state index in [1.165, 1.54) is 37.9 Å². The van der Waals surface area contributed by atoms with Crippen LogP contribution < -0.4 is 0 Å². The van der Waals surface area contributed by atoms with E-state index in [0.717, 1.165) is 24.8 Å². The summed E-state index contributed by atoms with van der Waals surface area (Å²) in [5.74, 6) is 0.346. The zero-order valence-electron chi connectivity index (χ0n) is 10.9. The number of benzene rings is 1. The van der Waals surface area contributed by atoms with Crippen LogP contribution in [0, 0.1) is 0 Å². The van der Waals surface area contributed by atoms with Gasteiger partial charge in [0.2, 0.25) is 0 Å². The minimum absolute atomic E-state index is 0.346. The summed E-state index contributed by atoms with van der Waals surface area (Å²) >= 11 is 0. The van der Waals surface area contributed by atoms with Crippen molar-refractivity contribution in [3.63, 3.8) is 0 Å². The summed E-state index contributed by atoms with van der Waals surface area (Å²) in [5.41, 5.74) is 2.22. The monoisotopic (exact) mass is 243 g/mol. The van der Waals surface area contributed by atoms with Gasteiger partial charge in [0.1, 0.15) is 0 Å². The lowest BCUT2D eigenvalue weighted by atomic mass is 10.0. The predicted molar refractivity (Wildman–Crippen MR) is 72.9 cm³/mol. The minimum atomic E-state index is 0.346. The lowest BCUT2D eigenvalue weighted by Crippen LogP contribution is -2.40. The molecule has 0 radical (unpaired) electrons. The number of hydrogen-bond donors (Lipinski definition) is 0. The highest BCUT2D eigenvalue weighted by Crippen LogP contribution is 2.25. The Morgan fingerprint density at radius 3 is 2.67 bits per heavy atom. The highest BCUT2D eigenvalue weighted by molar-refractivity contribution is 5.98. The average Bonchev–Trinajstić information content (AvgIpc) is 2.60. The van der Waals surface area contributed by atoms with Gasteiger partial charge in [-0.05, 0) is 44.3 Å². The van der Waals surface area contributed by atoms with Crippen LogP contribution in [0.3, 0.4) is 0 Å². The lowest BCUT2D eigenvalue weighted by Gasteiger charge is -2.33. The van der Waals surface area contributed by atoms with Gasteiger partial charge in [-0.15, -0.1) is 0 Å². The smallest absolute Gasteiger partial charge is 0.164 e. The molecule has 2 aliphatic rings. The molecule has 1 aliphatic carbocycles. The maximum atomic E-state index is 12.3. The van der Waals surface area contributed by atoms with E-state index in [-0.39, 0.29) is 0 Å². The van der Waals surface area contributed by atoms with Crippen molar-refractivity contribution < 1.29 is 4.79 Å². The van der Waals surface area contributed by atoms with Gasteiger partial charge in [-0.2, -0.15) is 0 Å². The molecule has 0 amide bonds. The Bertz CT molecular complexity index is 434. The van der Waals surface area contributed by atoms with E-state index >= 15 is 0 Å². The molecule has 1 heterocycles. The Morgan fingerprint density at radius 2 is 1.83 bits per heavy atom. The molecule has 18 heavy (non-hydrogen) atoms. The number of hydrogen-bond acceptors (Lipinski definition) is 2. The summed E-state index contributed by atoms with van der Waals surface area (Å²) < 4.78 is 0. The summed E-state index contributed by atoms with van der Waals surface area (Å²) in [7, 11) is 0. The van der Waals surface area contributed by atoms with Crippen LogP contribution in [0.1, 0.15) is 48.0 Å². The summed E-state index contributed by atoms with van der Waals surface area (Å²) in [4.78, 5) is 14.9. The van der Waals surface area contributed by atoms with Crippen molar-refractivity contribution in [3.8, 4) is 0 Å².